The average Bonchev–Trinajstić information content (AvgIpc) is 3.57. The van der Waals surface area contributed by atoms with Crippen molar-refractivity contribution in [3.05, 3.63) is 125 Å². The lowest BCUT2D eigenvalue weighted by molar-refractivity contribution is 0.119. The van der Waals surface area contributed by atoms with Gasteiger partial charge in [-0.1, -0.05) is 42.5 Å². The van der Waals surface area contributed by atoms with Crippen LogP contribution in [0.3, 0.4) is 0 Å². The summed E-state index contributed by atoms with van der Waals surface area (Å²) in [7, 11) is 0. The fourth-order valence-electron chi connectivity index (χ4n) is 4.73. The summed E-state index contributed by atoms with van der Waals surface area (Å²) in [5.41, 5.74) is 3.36. The first-order valence-electron chi connectivity index (χ1n) is 12.0. The van der Waals surface area contributed by atoms with Gasteiger partial charge >= 0.3 is 6.09 Å². The van der Waals surface area contributed by atoms with Crippen molar-refractivity contribution in [3.8, 4) is 17.0 Å². The number of fused-ring (bicyclic) bond motifs is 3. The maximum atomic E-state index is 15.3. The molecule has 1 N–H and O–H groups in total. The number of nitrogens with zero attached hydrogens (tertiary/aromatic N) is 5. The number of benzene rings is 3. The van der Waals surface area contributed by atoms with Gasteiger partial charge in [0.1, 0.15) is 17.4 Å². The number of hydrogen-bond donors (Lipinski definition) is 1. The molecule has 3 aromatic carbocycles. The van der Waals surface area contributed by atoms with Crippen molar-refractivity contribution in [1.29, 1.82) is 0 Å². The fraction of sp³-hybridized carbons (Fsp3) is 0.103. The van der Waals surface area contributed by atoms with Crippen LogP contribution in [0.2, 0.25) is 0 Å². The summed E-state index contributed by atoms with van der Waals surface area (Å²) in [6, 6.07) is 24.8. The van der Waals surface area contributed by atoms with Crippen molar-refractivity contribution in [2.75, 3.05) is 0 Å². The highest BCUT2D eigenvalue weighted by atomic mass is 19.1. The molecule has 1 atom stereocenters. The van der Waals surface area contributed by atoms with Gasteiger partial charge in [0.05, 0.1) is 24.2 Å². The van der Waals surface area contributed by atoms with Gasteiger partial charge in [-0.05, 0) is 55.0 Å². The summed E-state index contributed by atoms with van der Waals surface area (Å²) in [4.78, 5) is 18.7. The zero-order valence-electron chi connectivity index (χ0n) is 20.3. The summed E-state index contributed by atoms with van der Waals surface area (Å²) in [5.74, 6) is 1.03. The van der Waals surface area contributed by atoms with Crippen LogP contribution in [0.4, 0.5) is 9.18 Å². The zero-order chi connectivity index (χ0) is 26.2. The minimum Gasteiger partial charge on any atom is -0.465 e. The van der Waals surface area contributed by atoms with Crippen LogP contribution >= 0.6 is 0 Å². The summed E-state index contributed by atoms with van der Waals surface area (Å²) in [6.45, 7) is 1.84. The van der Waals surface area contributed by atoms with Crippen molar-refractivity contribution < 1.29 is 18.7 Å². The number of rotatable bonds is 5. The molecule has 1 unspecified atom stereocenters. The molecule has 0 aliphatic carbocycles. The molecule has 8 nitrogen and oxygen atoms in total. The fourth-order valence-corrected chi connectivity index (χ4v) is 4.73. The van der Waals surface area contributed by atoms with Crippen molar-refractivity contribution in [2.45, 2.75) is 19.6 Å². The Labute approximate surface area is 217 Å². The topological polar surface area (TPSA) is 96.8 Å². The number of hydrogen-bond acceptors (Lipinski definition) is 5. The summed E-state index contributed by atoms with van der Waals surface area (Å²) >= 11 is 0. The molecule has 0 radical (unpaired) electrons. The number of aliphatic imine (C=N–C) groups is 1. The third-order valence-corrected chi connectivity index (χ3v) is 6.50. The van der Waals surface area contributed by atoms with Crippen LogP contribution < -0.4 is 0 Å². The molecule has 1 aliphatic rings. The van der Waals surface area contributed by atoms with E-state index in [0.717, 1.165) is 11.1 Å². The smallest absolute Gasteiger partial charge is 0.409 e. The molecule has 188 valence electrons. The Morgan fingerprint density at radius 1 is 1.00 bits per heavy atom. The molecule has 6 rings (SSSR count). The van der Waals surface area contributed by atoms with Crippen LogP contribution in [-0.4, -0.2) is 36.6 Å². The Morgan fingerprint density at radius 2 is 1.79 bits per heavy atom. The predicted molar refractivity (Wildman–Crippen MR) is 139 cm³/mol. The van der Waals surface area contributed by atoms with E-state index in [1.54, 1.807) is 42.0 Å². The van der Waals surface area contributed by atoms with E-state index in [0.29, 0.717) is 34.4 Å². The molecule has 0 bridgehead atoms. The highest BCUT2D eigenvalue weighted by Gasteiger charge is 2.35. The molecule has 2 aromatic heterocycles. The standard InChI is InChI=1S/C29H22FN5O3/c1-18-32-33-28-27(34(29(36)37)17-19-8-3-2-4-9-19)31-26(21-10-5-6-11-23(21)30)22-16-20(25-12-7-15-38-25)13-14-24(22)35(18)28/h2-16,27H,17H2,1H3,(H,36,37). The molecule has 1 aliphatic heterocycles. The van der Waals surface area contributed by atoms with E-state index in [2.05, 4.69) is 10.2 Å². The minimum atomic E-state index is -1.19. The van der Waals surface area contributed by atoms with E-state index in [-0.39, 0.29) is 12.1 Å². The first-order chi connectivity index (χ1) is 18.5. The van der Waals surface area contributed by atoms with Crippen molar-refractivity contribution in [3.63, 3.8) is 0 Å². The van der Waals surface area contributed by atoms with Gasteiger partial charge < -0.3 is 9.52 Å². The van der Waals surface area contributed by atoms with Gasteiger partial charge in [-0.3, -0.25) is 14.5 Å². The van der Waals surface area contributed by atoms with Crippen LogP contribution in [0.5, 0.6) is 0 Å². The number of aryl methyl sites for hydroxylation is 1. The molecule has 0 spiro atoms. The van der Waals surface area contributed by atoms with E-state index < -0.39 is 18.1 Å². The Kier molecular flexibility index (Phi) is 5.80. The second-order valence-corrected chi connectivity index (χ2v) is 8.88. The average molecular weight is 508 g/mol. The second-order valence-electron chi connectivity index (χ2n) is 8.88. The van der Waals surface area contributed by atoms with E-state index in [4.69, 9.17) is 9.41 Å². The van der Waals surface area contributed by atoms with E-state index >= 15 is 4.39 Å². The van der Waals surface area contributed by atoms with Gasteiger partial charge in [-0.25, -0.2) is 9.18 Å². The summed E-state index contributed by atoms with van der Waals surface area (Å²) in [5, 5.41) is 18.9. The molecular weight excluding hydrogens is 485 g/mol. The molecule has 38 heavy (non-hydrogen) atoms. The van der Waals surface area contributed by atoms with Crippen LogP contribution in [-0.2, 0) is 6.54 Å². The zero-order valence-corrected chi connectivity index (χ0v) is 20.3. The Hall–Kier alpha value is -5.05. The number of carbonyl (C=O) groups is 1. The van der Waals surface area contributed by atoms with Crippen LogP contribution in [0.15, 0.2) is 101 Å². The van der Waals surface area contributed by atoms with Crippen molar-refractivity contribution in [2.24, 2.45) is 4.99 Å². The molecule has 3 heterocycles. The maximum Gasteiger partial charge on any atom is 0.409 e. The Morgan fingerprint density at radius 3 is 2.53 bits per heavy atom. The minimum absolute atomic E-state index is 0.0504. The normalized spacial score (nSPS) is 14.3. The van der Waals surface area contributed by atoms with E-state index in [1.807, 2.05) is 54.6 Å². The highest BCUT2D eigenvalue weighted by molar-refractivity contribution is 6.16. The molecule has 0 saturated carbocycles. The summed E-state index contributed by atoms with van der Waals surface area (Å²) in [6.07, 6.45) is -0.702. The van der Waals surface area contributed by atoms with E-state index in [1.165, 1.54) is 11.0 Å². The second kappa shape index (κ2) is 9.44. The predicted octanol–water partition coefficient (Wildman–Crippen LogP) is 6.00. The van der Waals surface area contributed by atoms with Gasteiger partial charge in [-0.15, -0.1) is 10.2 Å². The van der Waals surface area contributed by atoms with Gasteiger partial charge in [-0.2, -0.15) is 0 Å². The third-order valence-electron chi connectivity index (χ3n) is 6.50. The molecule has 5 aromatic rings. The Bertz CT molecular complexity index is 1660. The molecule has 0 fully saturated rings. The van der Waals surface area contributed by atoms with Gasteiger partial charge in [0.15, 0.2) is 12.0 Å². The summed E-state index contributed by atoms with van der Waals surface area (Å²) < 4.78 is 22.7. The lowest BCUT2D eigenvalue weighted by Crippen LogP contribution is -2.34. The van der Waals surface area contributed by atoms with Crippen LogP contribution in [0.1, 0.15) is 34.5 Å². The van der Waals surface area contributed by atoms with Crippen molar-refractivity contribution in [1.82, 2.24) is 19.7 Å². The number of furan rings is 1. The third kappa shape index (κ3) is 4.03. The molecule has 1 amide bonds. The number of aromatic nitrogens is 3. The lowest BCUT2D eigenvalue weighted by Gasteiger charge is -2.26. The van der Waals surface area contributed by atoms with Gasteiger partial charge in [0.25, 0.3) is 0 Å². The monoisotopic (exact) mass is 507 g/mol. The van der Waals surface area contributed by atoms with E-state index in [9.17, 15) is 9.90 Å². The maximum absolute atomic E-state index is 15.3. The molecular formula is C29H22FN5O3. The van der Waals surface area contributed by atoms with Crippen LogP contribution in [0, 0.1) is 12.7 Å². The number of halogens is 1. The first kappa shape index (κ1) is 23.4. The van der Waals surface area contributed by atoms with Crippen LogP contribution in [0.25, 0.3) is 17.0 Å². The highest BCUT2D eigenvalue weighted by Crippen LogP contribution is 2.36. The number of amides is 1. The quantitative estimate of drug-likeness (QED) is 0.315. The lowest BCUT2D eigenvalue weighted by atomic mass is 9.97. The Balaban J connectivity index is 1.62. The van der Waals surface area contributed by atoms with Gasteiger partial charge in [0.2, 0.25) is 0 Å². The number of carboxylic acid groups (broad SMARTS) is 1. The molecule has 0 saturated heterocycles. The molecule has 9 heteroatoms. The van der Waals surface area contributed by atoms with Gasteiger partial charge in [0, 0.05) is 16.7 Å². The SMILES string of the molecule is Cc1nnc2n1-c1ccc(-c3ccco3)cc1C(c1ccccc1F)=NC2N(Cc1ccccc1)C(=O)O. The largest absolute Gasteiger partial charge is 0.465 e. The van der Waals surface area contributed by atoms with Crippen molar-refractivity contribution >= 4 is 11.8 Å². The first-order valence-corrected chi connectivity index (χ1v) is 12.0.